The van der Waals surface area contributed by atoms with Gasteiger partial charge in [0.05, 0.1) is 24.8 Å². The average Bonchev–Trinajstić information content (AvgIpc) is 2.83. The summed E-state index contributed by atoms with van der Waals surface area (Å²) in [7, 11) is 3.00. The number of benzene rings is 2. The lowest BCUT2D eigenvalue weighted by molar-refractivity contribution is -0.140. The maximum atomic E-state index is 13.4. The lowest BCUT2D eigenvalue weighted by Crippen LogP contribution is -2.34. The van der Waals surface area contributed by atoms with Gasteiger partial charge < -0.3 is 24.6 Å². The van der Waals surface area contributed by atoms with Crippen LogP contribution in [0, 0.1) is 0 Å². The Morgan fingerprint density at radius 2 is 1.88 bits per heavy atom. The lowest BCUT2D eigenvalue weighted by Gasteiger charge is -2.34. The highest BCUT2D eigenvalue weighted by molar-refractivity contribution is 6.32. The summed E-state index contributed by atoms with van der Waals surface area (Å²) < 4.78 is 16.1. The number of hydrogen-bond donors (Lipinski definition) is 2. The number of carbonyl (C=O) groups excluding carboxylic acids is 2. The van der Waals surface area contributed by atoms with E-state index < -0.39 is 11.9 Å². The zero-order valence-electron chi connectivity index (χ0n) is 19.2. The van der Waals surface area contributed by atoms with Gasteiger partial charge in [-0.15, -0.1) is 0 Å². The van der Waals surface area contributed by atoms with Crippen LogP contribution < -0.4 is 14.8 Å². The van der Waals surface area contributed by atoms with Gasteiger partial charge in [0, 0.05) is 29.3 Å². The Morgan fingerprint density at radius 1 is 1.15 bits per heavy atom. The molecule has 1 atom stereocenters. The molecule has 1 aliphatic carbocycles. The maximum absolute atomic E-state index is 13.4. The molecule has 0 unspecified atom stereocenters. The van der Waals surface area contributed by atoms with Crippen LogP contribution in [0.1, 0.15) is 43.2 Å². The Balaban J connectivity index is 1.72. The largest absolute Gasteiger partial charge is 0.503 e. The topological polar surface area (TPSA) is 94.1 Å². The van der Waals surface area contributed by atoms with E-state index in [0.29, 0.717) is 41.0 Å². The first-order chi connectivity index (χ1) is 16.3. The molecule has 0 saturated heterocycles. The third kappa shape index (κ3) is 4.48. The highest BCUT2D eigenvalue weighted by Crippen LogP contribution is 2.46. The minimum atomic E-state index is -0.695. The second-order valence-corrected chi connectivity index (χ2v) is 8.65. The number of phenols is 1. The molecule has 8 heteroatoms. The van der Waals surface area contributed by atoms with E-state index in [2.05, 4.69) is 5.32 Å². The number of esters is 1. The van der Waals surface area contributed by atoms with Crippen molar-refractivity contribution < 1.29 is 28.9 Å². The number of carbonyl (C=O) groups is 2. The SMILES string of the molecule is COc1ccc(COC(=O)C2=C(C)NC3=C(C(=O)CCC3)[C@@H]2c2cc(Cl)c(O)c(OC)c2)cc1. The van der Waals surface area contributed by atoms with E-state index in [1.165, 1.54) is 7.11 Å². The van der Waals surface area contributed by atoms with Crippen molar-refractivity contribution >= 4 is 23.4 Å². The number of allylic oxidation sites excluding steroid dienone is 3. The molecule has 34 heavy (non-hydrogen) atoms. The van der Waals surface area contributed by atoms with Crippen LogP contribution in [0.25, 0.3) is 0 Å². The van der Waals surface area contributed by atoms with Crippen molar-refractivity contribution in [1.82, 2.24) is 5.32 Å². The summed E-state index contributed by atoms with van der Waals surface area (Å²) in [6.07, 6.45) is 1.83. The van der Waals surface area contributed by atoms with Crippen LogP contribution in [-0.4, -0.2) is 31.1 Å². The maximum Gasteiger partial charge on any atom is 0.337 e. The van der Waals surface area contributed by atoms with E-state index in [-0.39, 0.29) is 28.9 Å². The van der Waals surface area contributed by atoms with Crippen molar-refractivity contribution in [3.05, 3.63) is 75.1 Å². The number of phenolic OH excluding ortho intramolecular Hbond substituents is 1. The van der Waals surface area contributed by atoms with Crippen LogP contribution in [0.2, 0.25) is 5.02 Å². The number of nitrogens with one attached hydrogen (secondary N) is 1. The fraction of sp³-hybridized carbons (Fsp3) is 0.308. The van der Waals surface area contributed by atoms with E-state index in [1.807, 2.05) is 12.1 Å². The Labute approximate surface area is 203 Å². The molecular weight excluding hydrogens is 458 g/mol. The Morgan fingerprint density at radius 3 is 2.56 bits per heavy atom. The van der Waals surface area contributed by atoms with Gasteiger partial charge in [0.25, 0.3) is 0 Å². The van der Waals surface area contributed by atoms with Gasteiger partial charge in [-0.05, 0) is 55.2 Å². The predicted octanol–water partition coefficient (Wildman–Crippen LogP) is 4.77. The number of dihydropyridines is 1. The number of Topliss-reactive ketones (excluding diaryl/α,β-unsaturated/α-hetero) is 1. The average molecular weight is 484 g/mol. The summed E-state index contributed by atoms with van der Waals surface area (Å²) in [6.45, 7) is 1.85. The van der Waals surface area contributed by atoms with Gasteiger partial charge in [-0.25, -0.2) is 4.79 Å². The molecule has 2 aliphatic rings. The predicted molar refractivity (Wildman–Crippen MR) is 127 cm³/mol. The van der Waals surface area contributed by atoms with Crippen molar-refractivity contribution in [1.29, 1.82) is 0 Å². The lowest BCUT2D eigenvalue weighted by atomic mass is 9.75. The molecule has 2 N–H and O–H groups in total. The number of methoxy groups -OCH3 is 2. The van der Waals surface area contributed by atoms with Crippen molar-refractivity contribution in [2.75, 3.05) is 14.2 Å². The second-order valence-electron chi connectivity index (χ2n) is 8.24. The first-order valence-corrected chi connectivity index (χ1v) is 11.3. The number of aromatic hydroxyl groups is 1. The Kier molecular flexibility index (Phi) is 6.84. The second kappa shape index (κ2) is 9.81. The minimum absolute atomic E-state index is 0.0325. The van der Waals surface area contributed by atoms with Crippen molar-refractivity contribution in [2.45, 2.75) is 38.7 Å². The summed E-state index contributed by atoms with van der Waals surface area (Å²) in [4.78, 5) is 26.4. The molecule has 178 valence electrons. The molecule has 0 fully saturated rings. The summed E-state index contributed by atoms with van der Waals surface area (Å²) in [6, 6.07) is 10.4. The summed E-state index contributed by atoms with van der Waals surface area (Å²) in [5.41, 5.74) is 3.63. The fourth-order valence-electron chi connectivity index (χ4n) is 4.45. The van der Waals surface area contributed by atoms with Gasteiger partial charge in [-0.1, -0.05) is 23.7 Å². The highest BCUT2D eigenvalue weighted by Gasteiger charge is 2.39. The summed E-state index contributed by atoms with van der Waals surface area (Å²) >= 11 is 6.27. The first kappa shape index (κ1) is 23.7. The molecule has 7 nitrogen and oxygen atoms in total. The van der Waals surface area contributed by atoms with Gasteiger partial charge in [0.15, 0.2) is 17.3 Å². The van der Waals surface area contributed by atoms with Gasteiger partial charge in [-0.2, -0.15) is 0 Å². The zero-order chi connectivity index (χ0) is 24.4. The molecule has 0 radical (unpaired) electrons. The monoisotopic (exact) mass is 483 g/mol. The third-order valence-electron chi connectivity index (χ3n) is 6.13. The van der Waals surface area contributed by atoms with Crippen molar-refractivity contribution in [3.63, 3.8) is 0 Å². The standard InChI is InChI=1S/C26H26ClNO6/c1-14-22(26(31)34-13-15-7-9-17(32-2)10-8-15)23(24-19(28-14)5-4-6-20(24)29)16-11-18(27)25(30)21(12-16)33-3/h7-12,23,28,30H,4-6,13H2,1-3H3/t23-/m1/s1. The van der Waals surface area contributed by atoms with Crippen LogP contribution in [0.5, 0.6) is 17.2 Å². The van der Waals surface area contributed by atoms with Crippen LogP contribution in [0.3, 0.4) is 0 Å². The van der Waals surface area contributed by atoms with Gasteiger partial charge in [-0.3, -0.25) is 4.79 Å². The van der Waals surface area contributed by atoms with Crippen molar-refractivity contribution in [3.8, 4) is 17.2 Å². The molecule has 0 spiro atoms. The van der Waals surface area contributed by atoms with E-state index in [4.69, 9.17) is 25.8 Å². The number of halogens is 1. The molecule has 2 aromatic carbocycles. The number of rotatable bonds is 6. The molecule has 1 heterocycles. The number of ether oxygens (including phenoxy) is 3. The third-order valence-corrected chi connectivity index (χ3v) is 6.42. The molecule has 4 rings (SSSR count). The van der Waals surface area contributed by atoms with Gasteiger partial charge in [0.1, 0.15) is 12.4 Å². The molecule has 0 saturated carbocycles. The molecule has 0 aromatic heterocycles. The van der Waals surface area contributed by atoms with Crippen LogP contribution in [-0.2, 0) is 20.9 Å². The van der Waals surface area contributed by atoms with Crippen LogP contribution in [0.15, 0.2) is 58.9 Å². The number of hydrogen-bond acceptors (Lipinski definition) is 7. The zero-order valence-corrected chi connectivity index (χ0v) is 20.0. The minimum Gasteiger partial charge on any atom is -0.503 e. The van der Waals surface area contributed by atoms with E-state index in [1.54, 1.807) is 38.3 Å². The van der Waals surface area contributed by atoms with E-state index >= 15 is 0 Å². The van der Waals surface area contributed by atoms with E-state index in [9.17, 15) is 14.7 Å². The Hall–Kier alpha value is -3.45. The smallest absolute Gasteiger partial charge is 0.337 e. The fourth-order valence-corrected chi connectivity index (χ4v) is 4.67. The summed E-state index contributed by atoms with van der Waals surface area (Å²) in [5, 5.41) is 13.5. The highest BCUT2D eigenvalue weighted by atomic mass is 35.5. The first-order valence-electron chi connectivity index (χ1n) is 10.9. The Bertz CT molecular complexity index is 1200. The van der Waals surface area contributed by atoms with Crippen LogP contribution in [0.4, 0.5) is 0 Å². The molecule has 0 amide bonds. The quantitative estimate of drug-likeness (QED) is 0.571. The van der Waals surface area contributed by atoms with Gasteiger partial charge in [0.2, 0.25) is 0 Å². The van der Waals surface area contributed by atoms with Crippen LogP contribution >= 0.6 is 11.6 Å². The molecule has 2 aromatic rings. The normalized spacial score (nSPS) is 17.8. The molecular formula is C26H26ClNO6. The van der Waals surface area contributed by atoms with Gasteiger partial charge >= 0.3 is 5.97 Å². The summed E-state index contributed by atoms with van der Waals surface area (Å²) in [5.74, 6) is -0.600. The molecule has 0 bridgehead atoms. The van der Waals surface area contributed by atoms with Crippen molar-refractivity contribution in [2.24, 2.45) is 0 Å². The number of ketones is 1. The molecule has 1 aliphatic heterocycles. The van der Waals surface area contributed by atoms with E-state index in [0.717, 1.165) is 17.7 Å².